The van der Waals surface area contributed by atoms with E-state index in [0.29, 0.717) is 12.1 Å². The fourth-order valence-corrected chi connectivity index (χ4v) is 1.54. The maximum atomic E-state index is 13.1. The fourth-order valence-electron chi connectivity index (χ4n) is 1.54. The molecule has 0 spiro atoms. The Labute approximate surface area is 99.6 Å². The molecule has 2 rings (SSSR count). The first-order chi connectivity index (χ1) is 8.20. The van der Waals surface area contributed by atoms with Crippen molar-refractivity contribution >= 4 is 0 Å². The molecule has 0 aliphatic heterocycles. The molecular weight excluding hydrogens is 217 g/mol. The van der Waals surface area contributed by atoms with E-state index in [1.807, 2.05) is 25.3 Å². The average Bonchev–Trinajstić information content (AvgIpc) is 2.79. The first-order valence-electron chi connectivity index (χ1n) is 5.48. The van der Waals surface area contributed by atoms with Gasteiger partial charge in [0.1, 0.15) is 11.5 Å². The van der Waals surface area contributed by atoms with E-state index in [0.717, 1.165) is 11.3 Å². The van der Waals surface area contributed by atoms with Crippen LogP contribution in [0.4, 0.5) is 4.39 Å². The smallest absolute Gasteiger partial charge is 0.126 e. The number of hydrogen-bond donors (Lipinski definition) is 0. The number of aromatic nitrogens is 3. The van der Waals surface area contributed by atoms with E-state index in [1.54, 1.807) is 23.7 Å². The summed E-state index contributed by atoms with van der Waals surface area (Å²) in [5, 5.41) is 8.07. The molecule has 0 fully saturated rings. The van der Waals surface area contributed by atoms with Crippen LogP contribution in [0.15, 0.2) is 36.5 Å². The second-order valence-electron chi connectivity index (χ2n) is 3.86. The van der Waals surface area contributed by atoms with E-state index in [4.69, 9.17) is 0 Å². The highest BCUT2D eigenvalue weighted by Gasteiger charge is 2.05. The Morgan fingerprint density at radius 3 is 2.94 bits per heavy atom. The van der Waals surface area contributed by atoms with Crippen LogP contribution in [0.1, 0.15) is 12.5 Å². The van der Waals surface area contributed by atoms with Gasteiger partial charge in [-0.15, -0.1) is 5.10 Å². The molecule has 0 aliphatic carbocycles. The zero-order valence-electron chi connectivity index (χ0n) is 9.89. The summed E-state index contributed by atoms with van der Waals surface area (Å²) in [7, 11) is 0. The standard InChI is InChI=1S/C13H14FN3/c1-3-4-7-17-9-13(15-16-17)11-5-6-12(14)10(2)8-11/h3-6,8-9H,7H2,1-2H3. The van der Waals surface area contributed by atoms with Gasteiger partial charge in [0.25, 0.3) is 0 Å². The lowest BCUT2D eigenvalue weighted by molar-refractivity contribution is 0.618. The fraction of sp³-hybridized carbons (Fsp3) is 0.231. The molecule has 3 nitrogen and oxygen atoms in total. The molecule has 17 heavy (non-hydrogen) atoms. The number of benzene rings is 1. The normalized spacial score (nSPS) is 11.2. The maximum Gasteiger partial charge on any atom is 0.126 e. The van der Waals surface area contributed by atoms with Crippen LogP contribution in [0.3, 0.4) is 0 Å². The summed E-state index contributed by atoms with van der Waals surface area (Å²) in [6, 6.07) is 4.95. The lowest BCUT2D eigenvalue weighted by Gasteiger charge is -1.99. The molecule has 0 unspecified atom stereocenters. The van der Waals surface area contributed by atoms with Crippen LogP contribution in [0.5, 0.6) is 0 Å². The van der Waals surface area contributed by atoms with Crippen molar-refractivity contribution in [1.82, 2.24) is 15.0 Å². The number of aryl methyl sites for hydroxylation is 1. The van der Waals surface area contributed by atoms with Crippen molar-refractivity contribution in [2.45, 2.75) is 20.4 Å². The van der Waals surface area contributed by atoms with E-state index in [2.05, 4.69) is 10.3 Å². The van der Waals surface area contributed by atoms with E-state index < -0.39 is 0 Å². The Morgan fingerprint density at radius 1 is 1.41 bits per heavy atom. The molecular formula is C13H14FN3. The van der Waals surface area contributed by atoms with Gasteiger partial charge in [-0.05, 0) is 37.6 Å². The van der Waals surface area contributed by atoms with E-state index >= 15 is 0 Å². The van der Waals surface area contributed by atoms with Crippen LogP contribution in [0.2, 0.25) is 0 Å². The Hall–Kier alpha value is -1.97. The largest absolute Gasteiger partial charge is 0.248 e. The second-order valence-corrected chi connectivity index (χ2v) is 3.86. The topological polar surface area (TPSA) is 30.7 Å². The summed E-state index contributed by atoms with van der Waals surface area (Å²) in [5.74, 6) is -0.199. The van der Waals surface area contributed by atoms with Gasteiger partial charge in [0, 0.05) is 5.56 Å². The molecule has 0 atom stereocenters. The molecule has 2 aromatic rings. The van der Waals surface area contributed by atoms with Crippen molar-refractivity contribution in [3.05, 3.63) is 47.9 Å². The number of nitrogens with zero attached hydrogens (tertiary/aromatic N) is 3. The van der Waals surface area contributed by atoms with Crippen molar-refractivity contribution in [3.8, 4) is 11.3 Å². The summed E-state index contributed by atoms with van der Waals surface area (Å²) < 4.78 is 14.9. The lowest BCUT2D eigenvalue weighted by Crippen LogP contribution is -1.94. The number of halogens is 1. The zero-order valence-corrected chi connectivity index (χ0v) is 9.89. The van der Waals surface area contributed by atoms with E-state index in [9.17, 15) is 4.39 Å². The summed E-state index contributed by atoms with van der Waals surface area (Å²) in [6.45, 7) is 4.40. The van der Waals surface area contributed by atoms with Crippen LogP contribution in [-0.4, -0.2) is 15.0 Å². The van der Waals surface area contributed by atoms with Gasteiger partial charge in [-0.3, -0.25) is 0 Å². The van der Waals surface area contributed by atoms with Crippen molar-refractivity contribution in [3.63, 3.8) is 0 Å². The van der Waals surface area contributed by atoms with E-state index in [1.165, 1.54) is 6.07 Å². The third kappa shape index (κ3) is 2.58. The third-order valence-corrected chi connectivity index (χ3v) is 2.52. The summed E-state index contributed by atoms with van der Waals surface area (Å²) in [6.07, 6.45) is 5.81. The van der Waals surface area contributed by atoms with Gasteiger partial charge >= 0.3 is 0 Å². The molecule has 0 radical (unpaired) electrons. The minimum absolute atomic E-state index is 0.199. The highest BCUT2D eigenvalue weighted by Crippen LogP contribution is 2.19. The molecule has 88 valence electrons. The highest BCUT2D eigenvalue weighted by atomic mass is 19.1. The SMILES string of the molecule is CC=CCn1cc(-c2ccc(F)c(C)c2)nn1. The van der Waals surface area contributed by atoms with Gasteiger partial charge in [0.15, 0.2) is 0 Å². The van der Waals surface area contributed by atoms with Crippen LogP contribution < -0.4 is 0 Å². The minimum atomic E-state index is -0.199. The molecule has 0 aliphatic rings. The molecule has 0 amide bonds. The van der Waals surface area contributed by atoms with Crippen LogP contribution in [0, 0.1) is 12.7 Å². The highest BCUT2D eigenvalue weighted by molar-refractivity contribution is 5.58. The van der Waals surface area contributed by atoms with Crippen LogP contribution in [-0.2, 0) is 6.54 Å². The molecule has 1 heterocycles. The van der Waals surface area contributed by atoms with Gasteiger partial charge in [0.2, 0.25) is 0 Å². The summed E-state index contributed by atoms with van der Waals surface area (Å²) in [4.78, 5) is 0. The zero-order chi connectivity index (χ0) is 12.3. The van der Waals surface area contributed by atoms with E-state index in [-0.39, 0.29) is 5.82 Å². The first-order valence-corrected chi connectivity index (χ1v) is 5.48. The minimum Gasteiger partial charge on any atom is -0.248 e. The Bertz CT molecular complexity index is 543. The molecule has 0 saturated carbocycles. The van der Waals surface area contributed by atoms with Gasteiger partial charge in [-0.2, -0.15) is 0 Å². The van der Waals surface area contributed by atoms with Crippen LogP contribution in [0.25, 0.3) is 11.3 Å². The number of allylic oxidation sites excluding steroid dienone is 2. The predicted octanol–water partition coefficient (Wildman–Crippen LogP) is 2.97. The summed E-state index contributed by atoms with van der Waals surface area (Å²) >= 11 is 0. The number of hydrogen-bond acceptors (Lipinski definition) is 2. The molecule has 4 heteroatoms. The molecule has 0 saturated heterocycles. The Morgan fingerprint density at radius 2 is 2.24 bits per heavy atom. The maximum absolute atomic E-state index is 13.1. The molecule has 0 bridgehead atoms. The van der Waals surface area contributed by atoms with Gasteiger partial charge in [-0.1, -0.05) is 17.4 Å². The Kier molecular flexibility index (Phi) is 3.32. The van der Waals surface area contributed by atoms with Crippen molar-refractivity contribution < 1.29 is 4.39 Å². The number of rotatable bonds is 3. The second kappa shape index (κ2) is 4.91. The third-order valence-electron chi connectivity index (χ3n) is 2.52. The lowest BCUT2D eigenvalue weighted by atomic mass is 10.1. The molecule has 1 aromatic heterocycles. The van der Waals surface area contributed by atoms with Crippen molar-refractivity contribution in [2.75, 3.05) is 0 Å². The van der Waals surface area contributed by atoms with Gasteiger partial charge in [-0.25, -0.2) is 9.07 Å². The van der Waals surface area contributed by atoms with Gasteiger partial charge < -0.3 is 0 Å². The van der Waals surface area contributed by atoms with Crippen molar-refractivity contribution in [2.24, 2.45) is 0 Å². The molecule has 0 N–H and O–H groups in total. The van der Waals surface area contributed by atoms with Crippen molar-refractivity contribution in [1.29, 1.82) is 0 Å². The predicted molar refractivity (Wildman–Crippen MR) is 65.0 cm³/mol. The van der Waals surface area contributed by atoms with Gasteiger partial charge in [0.05, 0.1) is 12.7 Å². The van der Waals surface area contributed by atoms with Crippen LogP contribution >= 0.6 is 0 Å². The quantitative estimate of drug-likeness (QED) is 0.760. The summed E-state index contributed by atoms with van der Waals surface area (Å²) in [5.41, 5.74) is 2.26. The molecule has 1 aromatic carbocycles. The Balaban J connectivity index is 2.27. The average molecular weight is 231 g/mol. The first kappa shape index (κ1) is 11.5. The monoisotopic (exact) mass is 231 g/mol.